The summed E-state index contributed by atoms with van der Waals surface area (Å²) >= 11 is 4.94. The molecule has 16 heavy (non-hydrogen) atoms. The molecule has 1 aliphatic carbocycles. The van der Waals surface area contributed by atoms with E-state index in [1.165, 1.54) is 6.42 Å². The lowest BCUT2D eigenvalue weighted by Gasteiger charge is -2.33. The van der Waals surface area contributed by atoms with Gasteiger partial charge in [-0.25, -0.2) is 0 Å². The second kappa shape index (κ2) is 5.62. The zero-order valence-corrected chi connectivity index (χ0v) is 11.0. The van der Waals surface area contributed by atoms with Crippen molar-refractivity contribution in [2.75, 3.05) is 0 Å². The Morgan fingerprint density at radius 2 is 2.00 bits per heavy atom. The van der Waals surface area contributed by atoms with Gasteiger partial charge >= 0.3 is 0 Å². The molecule has 0 saturated heterocycles. The number of nitrogens with one attached hydrogen (secondary N) is 1. The largest absolute Gasteiger partial charge is 0.392 e. The van der Waals surface area contributed by atoms with E-state index in [2.05, 4.69) is 5.32 Å². The van der Waals surface area contributed by atoms with Crippen molar-refractivity contribution in [3.63, 3.8) is 0 Å². The SMILES string of the molecule is CCC(NC(=O)C1(C)CCCCC1)C(N)=S. The van der Waals surface area contributed by atoms with E-state index in [9.17, 15) is 4.79 Å². The highest BCUT2D eigenvalue weighted by molar-refractivity contribution is 7.80. The molecule has 0 bridgehead atoms. The van der Waals surface area contributed by atoms with E-state index >= 15 is 0 Å². The number of rotatable bonds is 4. The third-order valence-electron chi connectivity index (χ3n) is 3.56. The van der Waals surface area contributed by atoms with E-state index in [0.29, 0.717) is 4.99 Å². The van der Waals surface area contributed by atoms with E-state index in [0.717, 1.165) is 32.1 Å². The topological polar surface area (TPSA) is 55.1 Å². The maximum atomic E-state index is 12.2. The minimum atomic E-state index is -0.212. The molecule has 1 aliphatic rings. The highest BCUT2D eigenvalue weighted by Crippen LogP contribution is 2.35. The van der Waals surface area contributed by atoms with Crippen molar-refractivity contribution in [2.24, 2.45) is 11.1 Å². The van der Waals surface area contributed by atoms with Crippen LogP contribution in [0.4, 0.5) is 0 Å². The molecular weight excluding hydrogens is 220 g/mol. The van der Waals surface area contributed by atoms with Crippen molar-refractivity contribution in [2.45, 2.75) is 58.4 Å². The number of hydrogen-bond donors (Lipinski definition) is 2. The van der Waals surface area contributed by atoms with Crippen molar-refractivity contribution in [1.82, 2.24) is 5.32 Å². The lowest BCUT2D eigenvalue weighted by molar-refractivity contribution is -0.132. The Hall–Kier alpha value is -0.640. The molecule has 1 fully saturated rings. The fourth-order valence-corrected chi connectivity index (χ4v) is 2.49. The minimum Gasteiger partial charge on any atom is -0.392 e. The molecule has 3 N–H and O–H groups in total. The smallest absolute Gasteiger partial charge is 0.226 e. The van der Waals surface area contributed by atoms with Gasteiger partial charge in [0.15, 0.2) is 0 Å². The lowest BCUT2D eigenvalue weighted by atomic mass is 9.75. The van der Waals surface area contributed by atoms with Gasteiger partial charge in [0.25, 0.3) is 0 Å². The standard InChI is InChI=1S/C12H22N2OS/c1-3-9(10(13)16)14-11(15)12(2)7-5-4-6-8-12/h9H,3-8H2,1-2H3,(H2,13,16)(H,14,15). The molecule has 0 aromatic heterocycles. The Bertz CT molecular complexity index is 272. The Labute approximate surface area is 103 Å². The Morgan fingerprint density at radius 1 is 1.44 bits per heavy atom. The summed E-state index contributed by atoms with van der Waals surface area (Å²) in [7, 11) is 0. The maximum Gasteiger partial charge on any atom is 0.226 e. The van der Waals surface area contributed by atoms with Gasteiger partial charge in [0.1, 0.15) is 0 Å². The van der Waals surface area contributed by atoms with E-state index in [1.54, 1.807) is 0 Å². The summed E-state index contributed by atoms with van der Waals surface area (Å²) in [5, 5.41) is 2.97. The van der Waals surface area contributed by atoms with Crippen molar-refractivity contribution in [3.8, 4) is 0 Å². The summed E-state index contributed by atoms with van der Waals surface area (Å²) in [5.74, 6) is 0.117. The number of thiocarbonyl (C=S) groups is 1. The lowest BCUT2D eigenvalue weighted by Crippen LogP contribution is -2.49. The van der Waals surface area contributed by atoms with Crippen LogP contribution in [0.25, 0.3) is 0 Å². The maximum absolute atomic E-state index is 12.2. The highest BCUT2D eigenvalue weighted by atomic mass is 32.1. The molecule has 0 spiro atoms. The van der Waals surface area contributed by atoms with Crippen LogP contribution >= 0.6 is 12.2 Å². The molecule has 1 atom stereocenters. The summed E-state index contributed by atoms with van der Waals surface area (Å²) in [6, 6.07) is -0.152. The second-order valence-corrected chi connectivity index (χ2v) is 5.43. The first-order valence-corrected chi connectivity index (χ1v) is 6.50. The van der Waals surface area contributed by atoms with Crippen molar-refractivity contribution >= 4 is 23.1 Å². The van der Waals surface area contributed by atoms with Gasteiger partial charge in [-0.1, -0.05) is 45.3 Å². The molecule has 0 aliphatic heterocycles. The van der Waals surface area contributed by atoms with Gasteiger partial charge in [0.05, 0.1) is 11.0 Å². The quantitative estimate of drug-likeness (QED) is 0.743. The third kappa shape index (κ3) is 3.17. The first kappa shape index (κ1) is 13.4. The van der Waals surface area contributed by atoms with E-state index in [-0.39, 0.29) is 17.4 Å². The molecular formula is C12H22N2OS. The monoisotopic (exact) mass is 242 g/mol. The molecule has 4 heteroatoms. The number of nitrogens with two attached hydrogens (primary N) is 1. The molecule has 1 rings (SSSR count). The molecule has 1 amide bonds. The number of hydrogen-bond acceptors (Lipinski definition) is 2. The third-order valence-corrected chi connectivity index (χ3v) is 3.85. The Balaban J connectivity index is 2.59. The van der Waals surface area contributed by atoms with Crippen LogP contribution in [0.3, 0.4) is 0 Å². The van der Waals surface area contributed by atoms with Gasteiger partial charge in [-0.05, 0) is 19.3 Å². The van der Waals surface area contributed by atoms with Crippen LogP contribution in [-0.2, 0) is 4.79 Å². The zero-order valence-electron chi connectivity index (χ0n) is 10.2. The van der Waals surface area contributed by atoms with Gasteiger partial charge in [-0.15, -0.1) is 0 Å². The predicted octanol–water partition coefficient (Wildman–Crippen LogP) is 2.14. The first-order chi connectivity index (χ1) is 7.49. The normalized spacial score (nSPS) is 21.1. The number of carbonyl (C=O) groups is 1. The molecule has 1 saturated carbocycles. The molecule has 3 nitrogen and oxygen atoms in total. The highest BCUT2D eigenvalue weighted by Gasteiger charge is 2.35. The van der Waals surface area contributed by atoms with Crippen LogP contribution in [0.2, 0.25) is 0 Å². The van der Waals surface area contributed by atoms with Crippen LogP contribution in [0, 0.1) is 5.41 Å². The van der Waals surface area contributed by atoms with Crippen molar-refractivity contribution in [3.05, 3.63) is 0 Å². The van der Waals surface area contributed by atoms with Crippen LogP contribution in [0.1, 0.15) is 52.4 Å². The van der Waals surface area contributed by atoms with E-state index in [4.69, 9.17) is 18.0 Å². The van der Waals surface area contributed by atoms with Gasteiger partial charge in [0.2, 0.25) is 5.91 Å². The summed E-state index contributed by atoms with van der Waals surface area (Å²) < 4.78 is 0. The molecule has 0 heterocycles. The van der Waals surface area contributed by atoms with Gasteiger partial charge < -0.3 is 11.1 Å². The molecule has 0 radical (unpaired) electrons. The average Bonchev–Trinajstić information content (AvgIpc) is 2.26. The Morgan fingerprint density at radius 3 is 2.44 bits per heavy atom. The molecule has 0 aromatic rings. The fraction of sp³-hybridized carbons (Fsp3) is 0.833. The predicted molar refractivity (Wildman–Crippen MR) is 70.2 cm³/mol. The summed E-state index contributed by atoms with van der Waals surface area (Å²) in [4.78, 5) is 12.6. The zero-order chi connectivity index (χ0) is 12.2. The molecule has 92 valence electrons. The summed E-state index contributed by atoms with van der Waals surface area (Å²) in [6.45, 7) is 4.03. The number of carbonyl (C=O) groups excluding carboxylic acids is 1. The van der Waals surface area contributed by atoms with E-state index in [1.807, 2.05) is 13.8 Å². The Kier molecular flexibility index (Phi) is 4.71. The van der Waals surface area contributed by atoms with Crippen LogP contribution < -0.4 is 11.1 Å². The summed E-state index contributed by atoms with van der Waals surface area (Å²) in [6.07, 6.45) is 6.26. The van der Waals surface area contributed by atoms with Crippen molar-refractivity contribution in [1.29, 1.82) is 0 Å². The molecule has 1 unspecified atom stereocenters. The van der Waals surface area contributed by atoms with Crippen LogP contribution in [-0.4, -0.2) is 16.9 Å². The summed E-state index contributed by atoms with van der Waals surface area (Å²) in [5.41, 5.74) is 5.37. The van der Waals surface area contributed by atoms with Crippen LogP contribution in [0.15, 0.2) is 0 Å². The first-order valence-electron chi connectivity index (χ1n) is 6.10. The van der Waals surface area contributed by atoms with Gasteiger partial charge in [-0.2, -0.15) is 0 Å². The minimum absolute atomic E-state index is 0.117. The molecule has 0 aromatic carbocycles. The van der Waals surface area contributed by atoms with Crippen molar-refractivity contribution < 1.29 is 4.79 Å². The fourth-order valence-electron chi connectivity index (χ4n) is 2.27. The van der Waals surface area contributed by atoms with Gasteiger partial charge in [-0.3, -0.25) is 4.79 Å². The van der Waals surface area contributed by atoms with Gasteiger partial charge in [0, 0.05) is 5.41 Å². The second-order valence-electron chi connectivity index (χ2n) is 4.96. The van der Waals surface area contributed by atoms with E-state index < -0.39 is 0 Å². The average molecular weight is 242 g/mol. The van der Waals surface area contributed by atoms with Crippen LogP contribution in [0.5, 0.6) is 0 Å². The number of amides is 1.